The fourth-order valence-electron chi connectivity index (χ4n) is 1.47. The van der Waals surface area contributed by atoms with Crippen LogP contribution >= 0.6 is 0 Å². The van der Waals surface area contributed by atoms with Gasteiger partial charge in [-0.25, -0.2) is 4.98 Å². The van der Waals surface area contributed by atoms with E-state index in [9.17, 15) is 13.2 Å². The molecule has 0 aliphatic rings. The van der Waals surface area contributed by atoms with E-state index in [1.165, 1.54) is 12.3 Å². The highest BCUT2D eigenvalue weighted by Gasteiger charge is 2.33. The van der Waals surface area contributed by atoms with Crippen molar-refractivity contribution in [1.29, 1.82) is 0 Å². The summed E-state index contributed by atoms with van der Waals surface area (Å²) in [5, 5.41) is 2.70. The van der Waals surface area contributed by atoms with Crippen molar-refractivity contribution in [2.75, 3.05) is 25.1 Å². The highest BCUT2D eigenvalue weighted by molar-refractivity contribution is 5.45. The summed E-state index contributed by atoms with van der Waals surface area (Å²) in [6, 6.07) is 2.30. The standard InChI is InChI=1S/C13H19F3N2O/c1-10(2)9-19-8-4-7-18-12-11(13(14,15)16)5-3-6-17-12/h3,5-6,10H,4,7-9H2,1-2H3,(H,17,18). The van der Waals surface area contributed by atoms with Gasteiger partial charge in [-0.2, -0.15) is 13.2 Å². The molecule has 0 radical (unpaired) electrons. The highest BCUT2D eigenvalue weighted by Crippen LogP contribution is 2.33. The Balaban J connectivity index is 2.37. The van der Waals surface area contributed by atoms with Crippen LogP contribution in [0.1, 0.15) is 25.8 Å². The number of rotatable bonds is 7. The molecule has 1 aromatic rings. The van der Waals surface area contributed by atoms with Gasteiger partial charge in [-0.15, -0.1) is 0 Å². The molecule has 1 heterocycles. The zero-order chi connectivity index (χ0) is 14.3. The van der Waals surface area contributed by atoms with E-state index in [-0.39, 0.29) is 5.82 Å². The van der Waals surface area contributed by atoms with Crippen LogP contribution in [0.4, 0.5) is 19.0 Å². The van der Waals surface area contributed by atoms with Crippen molar-refractivity contribution in [3.63, 3.8) is 0 Å². The first-order valence-corrected chi connectivity index (χ1v) is 6.25. The third kappa shape index (κ3) is 5.92. The lowest BCUT2D eigenvalue weighted by Gasteiger charge is -2.13. The van der Waals surface area contributed by atoms with Crippen LogP contribution in [-0.2, 0) is 10.9 Å². The van der Waals surface area contributed by atoms with E-state index < -0.39 is 11.7 Å². The van der Waals surface area contributed by atoms with Crippen molar-refractivity contribution in [2.45, 2.75) is 26.4 Å². The summed E-state index contributed by atoms with van der Waals surface area (Å²) in [5.41, 5.74) is -0.738. The summed E-state index contributed by atoms with van der Waals surface area (Å²) < 4.78 is 43.3. The fourth-order valence-corrected chi connectivity index (χ4v) is 1.47. The molecule has 3 nitrogen and oxygen atoms in total. The number of aromatic nitrogens is 1. The van der Waals surface area contributed by atoms with E-state index in [1.807, 2.05) is 13.8 Å². The van der Waals surface area contributed by atoms with Crippen molar-refractivity contribution < 1.29 is 17.9 Å². The van der Waals surface area contributed by atoms with Gasteiger partial charge in [0.15, 0.2) is 0 Å². The molecule has 6 heteroatoms. The van der Waals surface area contributed by atoms with Crippen LogP contribution in [0.15, 0.2) is 18.3 Å². The van der Waals surface area contributed by atoms with Crippen molar-refractivity contribution >= 4 is 5.82 Å². The molecule has 0 aliphatic heterocycles. The molecule has 0 aromatic carbocycles. The molecular weight excluding hydrogens is 257 g/mol. The lowest BCUT2D eigenvalue weighted by Crippen LogP contribution is -2.14. The molecule has 0 saturated carbocycles. The van der Waals surface area contributed by atoms with Crippen molar-refractivity contribution in [2.24, 2.45) is 5.92 Å². The average Bonchev–Trinajstić information content (AvgIpc) is 2.32. The number of nitrogens with one attached hydrogen (secondary N) is 1. The van der Waals surface area contributed by atoms with Crippen LogP contribution < -0.4 is 5.32 Å². The third-order valence-electron chi connectivity index (χ3n) is 2.32. The normalized spacial score (nSPS) is 11.9. The summed E-state index contributed by atoms with van der Waals surface area (Å²) in [7, 11) is 0. The predicted molar refractivity (Wildman–Crippen MR) is 68.0 cm³/mol. The van der Waals surface area contributed by atoms with Gasteiger partial charge in [0, 0.05) is 26.0 Å². The van der Waals surface area contributed by atoms with Gasteiger partial charge in [-0.05, 0) is 24.5 Å². The largest absolute Gasteiger partial charge is 0.419 e. The Morgan fingerprint density at radius 3 is 2.74 bits per heavy atom. The van der Waals surface area contributed by atoms with E-state index in [4.69, 9.17) is 4.74 Å². The second-order valence-corrected chi connectivity index (χ2v) is 4.65. The van der Waals surface area contributed by atoms with Gasteiger partial charge in [0.1, 0.15) is 5.82 Å². The second kappa shape index (κ2) is 7.33. The quantitative estimate of drug-likeness (QED) is 0.773. The number of halogens is 3. The molecular formula is C13H19F3N2O. The molecule has 108 valence electrons. The monoisotopic (exact) mass is 276 g/mol. The molecule has 19 heavy (non-hydrogen) atoms. The minimum Gasteiger partial charge on any atom is -0.381 e. The summed E-state index contributed by atoms with van der Waals surface area (Å²) in [5.74, 6) is 0.333. The molecule has 0 amide bonds. The Morgan fingerprint density at radius 2 is 2.11 bits per heavy atom. The molecule has 0 fully saturated rings. The van der Waals surface area contributed by atoms with E-state index in [0.717, 1.165) is 6.07 Å². The summed E-state index contributed by atoms with van der Waals surface area (Å²) in [4.78, 5) is 3.72. The molecule has 1 N–H and O–H groups in total. The predicted octanol–water partition coefficient (Wildman–Crippen LogP) is 3.58. The van der Waals surface area contributed by atoms with Crippen molar-refractivity contribution in [3.8, 4) is 0 Å². The zero-order valence-corrected chi connectivity index (χ0v) is 11.1. The van der Waals surface area contributed by atoms with Crippen LogP contribution in [-0.4, -0.2) is 24.7 Å². The van der Waals surface area contributed by atoms with Crippen LogP contribution in [0.25, 0.3) is 0 Å². The molecule has 0 unspecified atom stereocenters. The van der Waals surface area contributed by atoms with Crippen LogP contribution in [0.3, 0.4) is 0 Å². The van der Waals surface area contributed by atoms with Crippen LogP contribution in [0, 0.1) is 5.92 Å². The molecule has 0 spiro atoms. The molecule has 0 saturated heterocycles. The van der Waals surface area contributed by atoms with Gasteiger partial charge in [-0.1, -0.05) is 13.8 Å². The van der Waals surface area contributed by atoms with Gasteiger partial charge in [-0.3, -0.25) is 0 Å². The van der Waals surface area contributed by atoms with E-state index >= 15 is 0 Å². The molecule has 0 bridgehead atoms. The fraction of sp³-hybridized carbons (Fsp3) is 0.615. The van der Waals surface area contributed by atoms with Crippen molar-refractivity contribution in [3.05, 3.63) is 23.9 Å². The number of hydrogen-bond donors (Lipinski definition) is 1. The van der Waals surface area contributed by atoms with Gasteiger partial charge in [0.2, 0.25) is 0 Å². The molecule has 0 atom stereocenters. The Labute approximate surface area is 111 Å². The maximum absolute atomic E-state index is 12.7. The number of anilines is 1. The minimum absolute atomic E-state index is 0.126. The first-order chi connectivity index (χ1) is 8.91. The number of alkyl halides is 3. The Bertz CT molecular complexity index is 380. The number of ether oxygens (including phenoxy) is 1. The van der Waals surface area contributed by atoms with Crippen LogP contribution in [0.2, 0.25) is 0 Å². The molecule has 1 rings (SSSR count). The number of hydrogen-bond acceptors (Lipinski definition) is 3. The van der Waals surface area contributed by atoms with Gasteiger partial charge in [0.05, 0.1) is 5.56 Å². The highest BCUT2D eigenvalue weighted by atomic mass is 19.4. The SMILES string of the molecule is CC(C)COCCCNc1ncccc1C(F)(F)F. The van der Waals surface area contributed by atoms with Gasteiger partial charge >= 0.3 is 6.18 Å². The smallest absolute Gasteiger partial charge is 0.381 e. The first kappa shape index (κ1) is 15.8. The van der Waals surface area contributed by atoms with E-state index in [1.54, 1.807) is 0 Å². The second-order valence-electron chi connectivity index (χ2n) is 4.65. The minimum atomic E-state index is -4.38. The number of pyridine rings is 1. The van der Waals surface area contributed by atoms with Gasteiger partial charge < -0.3 is 10.1 Å². The maximum Gasteiger partial charge on any atom is 0.419 e. The first-order valence-electron chi connectivity index (χ1n) is 6.25. The maximum atomic E-state index is 12.7. The summed E-state index contributed by atoms with van der Waals surface area (Å²) >= 11 is 0. The zero-order valence-electron chi connectivity index (χ0n) is 11.1. The summed E-state index contributed by atoms with van der Waals surface area (Å²) in [6.07, 6.45) is -2.40. The lowest BCUT2D eigenvalue weighted by molar-refractivity contribution is -0.137. The van der Waals surface area contributed by atoms with E-state index in [0.29, 0.717) is 32.1 Å². The number of nitrogens with zero attached hydrogens (tertiary/aromatic N) is 1. The topological polar surface area (TPSA) is 34.1 Å². The van der Waals surface area contributed by atoms with Crippen LogP contribution in [0.5, 0.6) is 0 Å². The third-order valence-corrected chi connectivity index (χ3v) is 2.32. The Hall–Kier alpha value is -1.30. The van der Waals surface area contributed by atoms with Crippen molar-refractivity contribution in [1.82, 2.24) is 4.98 Å². The summed E-state index contributed by atoms with van der Waals surface area (Å²) in [6.45, 7) is 5.68. The lowest BCUT2D eigenvalue weighted by atomic mass is 10.2. The Morgan fingerprint density at radius 1 is 1.37 bits per heavy atom. The van der Waals surface area contributed by atoms with Gasteiger partial charge in [0.25, 0.3) is 0 Å². The molecule has 1 aromatic heterocycles. The molecule has 0 aliphatic carbocycles. The van der Waals surface area contributed by atoms with E-state index in [2.05, 4.69) is 10.3 Å². The Kier molecular flexibility index (Phi) is 6.08. The average molecular weight is 276 g/mol.